The number of amides is 1. The van der Waals surface area contributed by atoms with Crippen LogP contribution in [-0.4, -0.2) is 27.5 Å². The number of rotatable bonds is 4. The molecule has 0 unspecified atom stereocenters. The first-order valence-electron chi connectivity index (χ1n) is 6.80. The normalized spacial score (nSPS) is 10.6. The van der Waals surface area contributed by atoms with Gasteiger partial charge in [0.15, 0.2) is 10.8 Å². The summed E-state index contributed by atoms with van der Waals surface area (Å²) in [5.41, 5.74) is 2.35. The van der Waals surface area contributed by atoms with Crippen molar-refractivity contribution in [3.63, 3.8) is 0 Å². The maximum absolute atomic E-state index is 12.4. The molecule has 0 aliphatic carbocycles. The predicted molar refractivity (Wildman–Crippen MR) is 85.5 cm³/mol. The monoisotopic (exact) mass is 314 g/mol. The van der Waals surface area contributed by atoms with Gasteiger partial charge in [0.05, 0.1) is 23.3 Å². The zero-order valence-corrected chi connectivity index (χ0v) is 13.0. The van der Waals surface area contributed by atoms with Crippen LogP contribution in [0.25, 0.3) is 11.0 Å². The number of carbonyl (C=O) groups is 1. The van der Waals surface area contributed by atoms with E-state index >= 15 is 0 Å². The van der Waals surface area contributed by atoms with E-state index in [1.807, 2.05) is 43.5 Å². The van der Waals surface area contributed by atoms with Gasteiger partial charge in [-0.25, -0.2) is 15.0 Å². The van der Waals surface area contributed by atoms with Gasteiger partial charge < -0.3 is 4.74 Å². The summed E-state index contributed by atoms with van der Waals surface area (Å²) in [5.74, 6) is -0.150. The lowest BCUT2D eigenvalue weighted by Gasteiger charge is -2.09. The van der Waals surface area contributed by atoms with Crippen LogP contribution in [-0.2, 0) is 0 Å². The number of para-hydroxylation sites is 2. The SMILES string of the molecule is CCOc1nc2ccccc2nc1C(=O)Nc1nc(C)cs1. The number of benzene rings is 1. The van der Waals surface area contributed by atoms with Crippen LogP contribution in [0, 0.1) is 6.92 Å². The molecule has 6 nitrogen and oxygen atoms in total. The third-order valence-electron chi connectivity index (χ3n) is 2.87. The van der Waals surface area contributed by atoms with Gasteiger partial charge in [-0.05, 0) is 26.0 Å². The minimum Gasteiger partial charge on any atom is -0.476 e. The van der Waals surface area contributed by atoms with Crippen molar-refractivity contribution in [2.24, 2.45) is 0 Å². The first-order valence-corrected chi connectivity index (χ1v) is 7.68. The summed E-state index contributed by atoms with van der Waals surface area (Å²) in [4.78, 5) is 25.4. The highest BCUT2D eigenvalue weighted by atomic mass is 32.1. The Morgan fingerprint density at radius 3 is 2.59 bits per heavy atom. The second-order valence-electron chi connectivity index (χ2n) is 4.55. The Labute approximate surface area is 131 Å². The molecule has 0 fully saturated rings. The molecular formula is C15H14N4O2S. The number of nitrogens with one attached hydrogen (secondary N) is 1. The molecule has 0 atom stereocenters. The Balaban J connectivity index is 1.99. The molecule has 0 aliphatic rings. The van der Waals surface area contributed by atoms with Crippen molar-refractivity contribution in [1.29, 1.82) is 0 Å². The highest BCUT2D eigenvalue weighted by molar-refractivity contribution is 7.13. The summed E-state index contributed by atoms with van der Waals surface area (Å²) >= 11 is 1.36. The molecule has 0 saturated heterocycles. The zero-order valence-electron chi connectivity index (χ0n) is 12.2. The number of anilines is 1. The van der Waals surface area contributed by atoms with E-state index in [-0.39, 0.29) is 17.5 Å². The molecule has 0 radical (unpaired) electrons. The molecule has 0 spiro atoms. The molecule has 2 aromatic heterocycles. The third kappa shape index (κ3) is 2.89. The minimum absolute atomic E-state index is 0.161. The van der Waals surface area contributed by atoms with E-state index in [1.54, 1.807) is 0 Å². The number of hydrogen-bond acceptors (Lipinski definition) is 6. The summed E-state index contributed by atoms with van der Waals surface area (Å²) in [7, 11) is 0. The summed E-state index contributed by atoms with van der Waals surface area (Å²) in [5, 5.41) is 5.12. The molecule has 0 bridgehead atoms. The van der Waals surface area contributed by atoms with Crippen molar-refractivity contribution in [2.75, 3.05) is 11.9 Å². The molecule has 1 aromatic carbocycles. The average Bonchev–Trinajstić information content (AvgIpc) is 2.92. The van der Waals surface area contributed by atoms with Crippen LogP contribution in [0.5, 0.6) is 5.88 Å². The third-order valence-corrected chi connectivity index (χ3v) is 3.75. The van der Waals surface area contributed by atoms with E-state index in [2.05, 4.69) is 20.3 Å². The summed E-state index contributed by atoms with van der Waals surface area (Å²) < 4.78 is 5.46. The molecule has 1 amide bonds. The largest absolute Gasteiger partial charge is 0.476 e. The Morgan fingerprint density at radius 1 is 1.23 bits per heavy atom. The van der Waals surface area contributed by atoms with Gasteiger partial charge in [-0.1, -0.05) is 12.1 Å². The van der Waals surface area contributed by atoms with Gasteiger partial charge in [-0.15, -0.1) is 11.3 Å². The molecule has 3 aromatic rings. The molecule has 112 valence electrons. The quantitative estimate of drug-likeness (QED) is 0.801. The number of nitrogens with zero attached hydrogens (tertiary/aromatic N) is 3. The minimum atomic E-state index is -0.379. The fourth-order valence-electron chi connectivity index (χ4n) is 1.94. The van der Waals surface area contributed by atoms with Crippen LogP contribution in [0.2, 0.25) is 0 Å². The Hall–Kier alpha value is -2.54. The van der Waals surface area contributed by atoms with Crippen LogP contribution in [0.1, 0.15) is 23.1 Å². The van der Waals surface area contributed by atoms with E-state index in [0.717, 1.165) is 5.69 Å². The van der Waals surface area contributed by atoms with Crippen molar-refractivity contribution in [2.45, 2.75) is 13.8 Å². The predicted octanol–water partition coefficient (Wildman–Crippen LogP) is 3.05. The van der Waals surface area contributed by atoms with Crippen LogP contribution in [0.4, 0.5) is 5.13 Å². The Bertz CT molecular complexity index is 831. The van der Waals surface area contributed by atoms with Gasteiger partial charge >= 0.3 is 0 Å². The van der Waals surface area contributed by atoms with Gasteiger partial charge in [0, 0.05) is 5.38 Å². The molecule has 0 saturated carbocycles. The van der Waals surface area contributed by atoms with Crippen molar-refractivity contribution >= 4 is 33.4 Å². The molecule has 7 heteroatoms. The van der Waals surface area contributed by atoms with Gasteiger partial charge in [-0.3, -0.25) is 10.1 Å². The molecular weight excluding hydrogens is 300 g/mol. The first kappa shape index (κ1) is 14.4. The van der Waals surface area contributed by atoms with E-state index in [9.17, 15) is 4.79 Å². The summed E-state index contributed by atoms with van der Waals surface area (Å²) in [6.45, 7) is 4.11. The topological polar surface area (TPSA) is 77.0 Å². The molecule has 22 heavy (non-hydrogen) atoms. The number of hydrogen-bond donors (Lipinski definition) is 1. The second kappa shape index (κ2) is 6.07. The second-order valence-corrected chi connectivity index (χ2v) is 5.41. The highest BCUT2D eigenvalue weighted by Crippen LogP contribution is 2.21. The zero-order chi connectivity index (χ0) is 15.5. The van der Waals surface area contributed by atoms with Crippen molar-refractivity contribution in [1.82, 2.24) is 15.0 Å². The number of aryl methyl sites for hydroxylation is 1. The molecule has 0 aliphatic heterocycles. The number of carbonyl (C=O) groups excluding carboxylic acids is 1. The van der Waals surface area contributed by atoms with Crippen LogP contribution in [0.15, 0.2) is 29.6 Å². The smallest absolute Gasteiger partial charge is 0.281 e. The molecule has 1 N–H and O–H groups in total. The Kier molecular flexibility index (Phi) is 3.97. The number of thiazole rings is 1. The fraction of sp³-hybridized carbons (Fsp3) is 0.200. The molecule has 3 rings (SSSR count). The average molecular weight is 314 g/mol. The van der Waals surface area contributed by atoms with Gasteiger partial charge in [0.25, 0.3) is 5.91 Å². The summed E-state index contributed by atoms with van der Waals surface area (Å²) in [6, 6.07) is 7.35. The van der Waals surface area contributed by atoms with Gasteiger partial charge in [0.1, 0.15) is 0 Å². The number of fused-ring (bicyclic) bond motifs is 1. The van der Waals surface area contributed by atoms with Crippen molar-refractivity contribution in [3.8, 4) is 5.88 Å². The standard InChI is InChI=1S/C15H14N4O2S/c1-3-21-14-12(13(20)19-15-16-9(2)8-22-15)17-10-6-4-5-7-11(10)18-14/h4-8H,3H2,1-2H3,(H,16,19,20). The van der Waals surface area contributed by atoms with Crippen LogP contribution < -0.4 is 10.1 Å². The first-order chi connectivity index (χ1) is 10.7. The lowest BCUT2D eigenvalue weighted by molar-refractivity contribution is 0.101. The highest BCUT2D eigenvalue weighted by Gasteiger charge is 2.18. The van der Waals surface area contributed by atoms with E-state index < -0.39 is 0 Å². The summed E-state index contributed by atoms with van der Waals surface area (Å²) in [6.07, 6.45) is 0. The van der Waals surface area contributed by atoms with Crippen molar-refractivity contribution < 1.29 is 9.53 Å². The lowest BCUT2D eigenvalue weighted by atomic mass is 10.3. The molecule has 2 heterocycles. The Morgan fingerprint density at radius 2 is 1.95 bits per heavy atom. The lowest BCUT2D eigenvalue weighted by Crippen LogP contribution is -2.16. The fourth-order valence-corrected chi connectivity index (χ4v) is 2.62. The maximum atomic E-state index is 12.4. The van der Waals surface area contributed by atoms with Crippen molar-refractivity contribution in [3.05, 3.63) is 41.0 Å². The number of aromatic nitrogens is 3. The maximum Gasteiger partial charge on any atom is 0.281 e. The van der Waals surface area contributed by atoms with Crippen LogP contribution >= 0.6 is 11.3 Å². The van der Waals surface area contributed by atoms with Crippen LogP contribution in [0.3, 0.4) is 0 Å². The number of ether oxygens (including phenoxy) is 1. The van der Waals surface area contributed by atoms with E-state index in [4.69, 9.17) is 4.74 Å². The van der Waals surface area contributed by atoms with Gasteiger partial charge in [0.2, 0.25) is 5.88 Å². The van der Waals surface area contributed by atoms with E-state index in [0.29, 0.717) is 22.8 Å². The van der Waals surface area contributed by atoms with Gasteiger partial charge in [-0.2, -0.15) is 0 Å². The van der Waals surface area contributed by atoms with E-state index in [1.165, 1.54) is 11.3 Å².